The lowest BCUT2D eigenvalue weighted by atomic mass is 10.2. The smallest absolute Gasteiger partial charge is 0.264 e. The lowest BCUT2D eigenvalue weighted by Gasteiger charge is -2.03. The van der Waals surface area contributed by atoms with E-state index in [0.717, 1.165) is 11.3 Å². The van der Waals surface area contributed by atoms with Crippen LogP contribution in [0.1, 0.15) is 17.3 Å². The molecule has 0 bridgehead atoms. The summed E-state index contributed by atoms with van der Waals surface area (Å²) in [4.78, 5) is 4.04. The summed E-state index contributed by atoms with van der Waals surface area (Å²) in [5.74, 6) is 1.71. The molecule has 2 rings (SSSR count). The Morgan fingerprint density at radius 1 is 1.44 bits per heavy atom. The summed E-state index contributed by atoms with van der Waals surface area (Å²) in [5.41, 5.74) is 6.51. The van der Waals surface area contributed by atoms with E-state index in [2.05, 4.69) is 10.1 Å². The zero-order valence-electron chi connectivity index (χ0n) is 9.01. The fourth-order valence-electron chi connectivity index (χ4n) is 1.28. The maximum absolute atomic E-state index is 5.49. The molecule has 0 aliphatic rings. The summed E-state index contributed by atoms with van der Waals surface area (Å²) in [6.45, 7) is 2.54. The average Bonchev–Trinajstić information content (AvgIpc) is 2.74. The molecule has 2 N–H and O–H groups in total. The van der Waals surface area contributed by atoms with Crippen molar-refractivity contribution in [3.05, 3.63) is 41.5 Å². The predicted octanol–water partition coefficient (Wildman–Crippen LogP) is 1.42. The molecule has 0 radical (unpaired) electrons. The molecule has 0 atom stereocenters. The van der Waals surface area contributed by atoms with Crippen LogP contribution in [0.25, 0.3) is 0 Å². The molecule has 5 nitrogen and oxygen atoms in total. The van der Waals surface area contributed by atoms with Gasteiger partial charge in [0.05, 0.1) is 6.54 Å². The van der Waals surface area contributed by atoms with Gasteiger partial charge in [-0.15, -0.1) is 0 Å². The SMILES string of the molecule is Cc1cccc(OCc2nc(CN)no2)c1. The van der Waals surface area contributed by atoms with Gasteiger partial charge in [-0.05, 0) is 24.6 Å². The van der Waals surface area contributed by atoms with Crippen molar-refractivity contribution in [3.8, 4) is 5.75 Å². The van der Waals surface area contributed by atoms with Crippen molar-refractivity contribution in [2.45, 2.75) is 20.1 Å². The molecule has 0 saturated carbocycles. The zero-order chi connectivity index (χ0) is 11.4. The van der Waals surface area contributed by atoms with Crippen molar-refractivity contribution < 1.29 is 9.26 Å². The molecule has 2 aromatic rings. The second-order valence-corrected chi connectivity index (χ2v) is 3.41. The Hall–Kier alpha value is -1.88. The quantitative estimate of drug-likeness (QED) is 0.841. The van der Waals surface area contributed by atoms with Gasteiger partial charge >= 0.3 is 0 Å². The third kappa shape index (κ3) is 2.58. The van der Waals surface area contributed by atoms with Crippen LogP contribution in [0.15, 0.2) is 28.8 Å². The fourth-order valence-corrected chi connectivity index (χ4v) is 1.28. The highest BCUT2D eigenvalue weighted by Crippen LogP contribution is 2.13. The van der Waals surface area contributed by atoms with E-state index in [1.807, 2.05) is 31.2 Å². The standard InChI is InChI=1S/C11H13N3O2/c1-8-3-2-4-9(5-8)15-7-11-13-10(6-12)14-16-11/h2-5H,6-7,12H2,1H3. The van der Waals surface area contributed by atoms with Crippen molar-refractivity contribution in [1.82, 2.24) is 10.1 Å². The van der Waals surface area contributed by atoms with Gasteiger partial charge in [0, 0.05) is 0 Å². The minimum atomic E-state index is 0.260. The molecule has 0 amide bonds. The fraction of sp³-hybridized carbons (Fsp3) is 0.273. The molecular formula is C11H13N3O2. The van der Waals surface area contributed by atoms with Crippen LogP contribution in [0, 0.1) is 6.92 Å². The van der Waals surface area contributed by atoms with Gasteiger partial charge in [-0.3, -0.25) is 0 Å². The van der Waals surface area contributed by atoms with E-state index >= 15 is 0 Å². The third-order valence-corrected chi connectivity index (χ3v) is 2.04. The molecule has 0 aliphatic carbocycles. The van der Waals surface area contributed by atoms with Gasteiger partial charge in [-0.2, -0.15) is 4.98 Å². The lowest BCUT2D eigenvalue weighted by molar-refractivity contribution is 0.242. The Morgan fingerprint density at radius 2 is 2.31 bits per heavy atom. The number of nitrogens with zero attached hydrogens (tertiary/aromatic N) is 2. The second kappa shape index (κ2) is 4.76. The van der Waals surface area contributed by atoms with Gasteiger partial charge in [0.2, 0.25) is 0 Å². The minimum Gasteiger partial charge on any atom is -0.484 e. The van der Waals surface area contributed by atoms with E-state index in [-0.39, 0.29) is 13.2 Å². The third-order valence-electron chi connectivity index (χ3n) is 2.04. The number of hydrogen-bond donors (Lipinski definition) is 1. The molecular weight excluding hydrogens is 206 g/mol. The first-order chi connectivity index (χ1) is 7.78. The Kier molecular flexibility index (Phi) is 3.16. The van der Waals surface area contributed by atoms with E-state index in [0.29, 0.717) is 11.7 Å². The van der Waals surface area contributed by atoms with Gasteiger partial charge < -0.3 is 15.0 Å². The summed E-state index contributed by atoms with van der Waals surface area (Å²) in [5, 5.41) is 3.67. The van der Waals surface area contributed by atoms with E-state index < -0.39 is 0 Å². The summed E-state index contributed by atoms with van der Waals surface area (Å²) >= 11 is 0. The molecule has 0 saturated heterocycles. The number of aromatic nitrogens is 2. The molecule has 0 fully saturated rings. The average molecular weight is 219 g/mol. The minimum absolute atomic E-state index is 0.260. The van der Waals surface area contributed by atoms with Crippen LogP contribution in [0.2, 0.25) is 0 Å². The van der Waals surface area contributed by atoms with E-state index in [4.69, 9.17) is 15.0 Å². The number of benzene rings is 1. The van der Waals surface area contributed by atoms with Gasteiger partial charge in [0.1, 0.15) is 5.75 Å². The van der Waals surface area contributed by atoms with Crippen molar-refractivity contribution in [3.63, 3.8) is 0 Å². The van der Waals surface area contributed by atoms with Crippen LogP contribution >= 0.6 is 0 Å². The number of nitrogens with two attached hydrogens (primary N) is 1. The van der Waals surface area contributed by atoms with E-state index in [1.165, 1.54) is 0 Å². The highest BCUT2D eigenvalue weighted by molar-refractivity contribution is 5.27. The highest BCUT2D eigenvalue weighted by Gasteiger charge is 2.05. The van der Waals surface area contributed by atoms with Crippen LogP contribution in [0.3, 0.4) is 0 Å². The maximum Gasteiger partial charge on any atom is 0.264 e. The number of hydrogen-bond acceptors (Lipinski definition) is 5. The van der Waals surface area contributed by atoms with Crippen LogP contribution in [0.4, 0.5) is 0 Å². The number of ether oxygens (including phenoxy) is 1. The van der Waals surface area contributed by atoms with Crippen LogP contribution < -0.4 is 10.5 Å². The van der Waals surface area contributed by atoms with Crippen LogP contribution in [-0.4, -0.2) is 10.1 Å². The molecule has 1 aromatic heterocycles. The molecule has 0 spiro atoms. The molecule has 5 heteroatoms. The Morgan fingerprint density at radius 3 is 3.00 bits per heavy atom. The van der Waals surface area contributed by atoms with Gasteiger partial charge in [-0.1, -0.05) is 17.3 Å². The van der Waals surface area contributed by atoms with E-state index in [9.17, 15) is 0 Å². The largest absolute Gasteiger partial charge is 0.484 e. The van der Waals surface area contributed by atoms with E-state index in [1.54, 1.807) is 0 Å². The summed E-state index contributed by atoms with van der Waals surface area (Å²) < 4.78 is 10.4. The lowest BCUT2D eigenvalue weighted by Crippen LogP contribution is -2.00. The van der Waals surface area contributed by atoms with Crippen molar-refractivity contribution in [1.29, 1.82) is 0 Å². The van der Waals surface area contributed by atoms with Gasteiger partial charge in [0.25, 0.3) is 5.89 Å². The predicted molar refractivity (Wildman–Crippen MR) is 57.7 cm³/mol. The summed E-state index contributed by atoms with van der Waals surface area (Å²) in [7, 11) is 0. The Balaban J connectivity index is 1.96. The maximum atomic E-state index is 5.49. The first-order valence-corrected chi connectivity index (χ1v) is 4.99. The second-order valence-electron chi connectivity index (χ2n) is 3.41. The van der Waals surface area contributed by atoms with Gasteiger partial charge in [-0.25, -0.2) is 0 Å². The van der Waals surface area contributed by atoms with Crippen molar-refractivity contribution >= 4 is 0 Å². The van der Waals surface area contributed by atoms with Crippen LogP contribution in [-0.2, 0) is 13.2 Å². The molecule has 0 unspecified atom stereocenters. The summed E-state index contributed by atoms with van der Waals surface area (Å²) in [6.07, 6.45) is 0. The molecule has 0 aliphatic heterocycles. The van der Waals surface area contributed by atoms with Crippen molar-refractivity contribution in [2.75, 3.05) is 0 Å². The first-order valence-electron chi connectivity index (χ1n) is 4.99. The Bertz CT molecular complexity index is 468. The normalized spacial score (nSPS) is 10.4. The number of rotatable bonds is 4. The molecule has 84 valence electrons. The molecule has 1 aromatic carbocycles. The highest BCUT2D eigenvalue weighted by atomic mass is 16.5. The first kappa shape index (κ1) is 10.6. The Labute approximate surface area is 93.2 Å². The molecule has 16 heavy (non-hydrogen) atoms. The van der Waals surface area contributed by atoms with Gasteiger partial charge in [0.15, 0.2) is 12.4 Å². The zero-order valence-corrected chi connectivity index (χ0v) is 9.01. The van der Waals surface area contributed by atoms with Crippen LogP contribution in [0.5, 0.6) is 5.75 Å². The topological polar surface area (TPSA) is 74.2 Å². The monoisotopic (exact) mass is 219 g/mol. The van der Waals surface area contributed by atoms with Crippen molar-refractivity contribution in [2.24, 2.45) is 5.73 Å². The summed E-state index contributed by atoms with van der Waals surface area (Å²) in [6, 6.07) is 7.77. The number of aryl methyl sites for hydroxylation is 1. The molecule has 1 heterocycles.